The Kier molecular flexibility index (Phi) is 5.21. The maximum Gasteiger partial charge on any atom is 0.309 e. The van der Waals surface area contributed by atoms with Gasteiger partial charge >= 0.3 is 5.97 Å². The number of hydrogen-bond acceptors (Lipinski definition) is 5. The molecule has 0 radical (unpaired) electrons. The normalized spacial score (nSPS) is 25.4. The van der Waals surface area contributed by atoms with Crippen LogP contribution in [0.5, 0.6) is 5.75 Å². The summed E-state index contributed by atoms with van der Waals surface area (Å²) in [5, 5.41) is 0. The molecule has 2 atom stereocenters. The third-order valence-electron chi connectivity index (χ3n) is 5.44. The van der Waals surface area contributed by atoms with Crippen LogP contribution in [0.25, 0.3) is 0 Å². The summed E-state index contributed by atoms with van der Waals surface area (Å²) in [6, 6.07) is 5.11. The minimum absolute atomic E-state index is 0.0284. The lowest BCUT2D eigenvalue weighted by Gasteiger charge is -2.36. The first-order valence-corrected chi connectivity index (χ1v) is 8.87. The SMILES string of the molecule is COc1ccc(C(C)=O)cc1COC(=O)C1CC2CCCC(C1)C2=O. The molecular formula is C20H24O5. The van der Waals surface area contributed by atoms with Gasteiger partial charge < -0.3 is 9.47 Å². The van der Waals surface area contributed by atoms with E-state index < -0.39 is 0 Å². The van der Waals surface area contributed by atoms with Gasteiger partial charge in [-0.05, 0) is 50.8 Å². The third-order valence-corrected chi connectivity index (χ3v) is 5.44. The summed E-state index contributed by atoms with van der Waals surface area (Å²) in [6.07, 6.45) is 4.09. The highest BCUT2D eigenvalue weighted by molar-refractivity contribution is 5.94. The molecule has 0 aliphatic heterocycles. The van der Waals surface area contributed by atoms with Gasteiger partial charge in [-0.2, -0.15) is 0 Å². The quantitative estimate of drug-likeness (QED) is 0.605. The number of hydrogen-bond donors (Lipinski definition) is 0. The van der Waals surface area contributed by atoms with Crippen LogP contribution in [0.3, 0.4) is 0 Å². The van der Waals surface area contributed by atoms with E-state index in [0.29, 0.717) is 35.5 Å². The topological polar surface area (TPSA) is 69.7 Å². The highest BCUT2D eigenvalue weighted by Crippen LogP contribution is 2.40. The molecule has 2 fully saturated rings. The van der Waals surface area contributed by atoms with Crippen LogP contribution < -0.4 is 4.74 Å². The smallest absolute Gasteiger partial charge is 0.309 e. The number of esters is 1. The number of benzene rings is 1. The van der Waals surface area contributed by atoms with Crippen LogP contribution in [0.15, 0.2) is 18.2 Å². The van der Waals surface area contributed by atoms with Crippen molar-refractivity contribution in [1.82, 2.24) is 0 Å². The van der Waals surface area contributed by atoms with Gasteiger partial charge in [0.25, 0.3) is 0 Å². The van der Waals surface area contributed by atoms with Crippen LogP contribution in [0.1, 0.15) is 54.9 Å². The fraction of sp³-hybridized carbons (Fsp3) is 0.550. The van der Waals surface area contributed by atoms with E-state index in [1.165, 1.54) is 6.92 Å². The van der Waals surface area contributed by atoms with Gasteiger partial charge in [-0.15, -0.1) is 0 Å². The molecule has 2 saturated carbocycles. The second-order valence-electron chi connectivity index (χ2n) is 7.09. The maximum atomic E-state index is 12.5. The van der Waals surface area contributed by atoms with Gasteiger partial charge in [0.05, 0.1) is 13.0 Å². The maximum absolute atomic E-state index is 12.5. The minimum Gasteiger partial charge on any atom is -0.496 e. The van der Waals surface area contributed by atoms with Crippen molar-refractivity contribution in [2.45, 2.75) is 45.6 Å². The summed E-state index contributed by atoms with van der Waals surface area (Å²) < 4.78 is 10.8. The van der Waals surface area contributed by atoms with E-state index >= 15 is 0 Å². The third kappa shape index (κ3) is 3.75. The number of rotatable bonds is 5. The Morgan fingerprint density at radius 2 is 1.84 bits per heavy atom. The molecule has 1 aromatic carbocycles. The first kappa shape index (κ1) is 17.6. The van der Waals surface area contributed by atoms with Gasteiger partial charge in [0.2, 0.25) is 0 Å². The first-order valence-electron chi connectivity index (χ1n) is 8.87. The average molecular weight is 344 g/mol. The molecule has 2 aliphatic carbocycles. The molecule has 1 aromatic rings. The standard InChI is InChI=1S/C20H24O5/c1-12(21)13-6-7-18(24-2)17(8-13)11-25-20(23)16-9-14-4-3-5-15(10-16)19(14)22/h6-8,14-16H,3-5,9-11H2,1-2H3. The van der Waals surface area contributed by atoms with E-state index in [-0.39, 0.29) is 36.1 Å². The summed E-state index contributed by atoms with van der Waals surface area (Å²) in [5.41, 5.74) is 1.24. The lowest BCUT2D eigenvalue weighted by molar-refractivity contribution is -0.154. The Labute approximate surface area is 147 Å². The second kappa shape index (κ2) is 7.38. The lowest BCUT2D eigenvalue weighted by atomic mass is 9.67. The van der Waals surface area contributed by atoms with Gasteiger partial charge in [0.15, 0.2) is 5.78 Å². The number of methoxy groups -OCH3 is 1. The Morgan fingerprint density at radius 3 is 2.44 bits per heavy atom. The highest BCUT2D eigenvalue weighted by Gasteiger charge is 2.41. The van der Waals surface area contributed by atoms with E-state index in [0.717, 1.165) is 19.3 Å². The molecule has 0 spiro atoms. The predicted octanol–water partition coefficient (Wildman–Crippen LogP) is 3.34. The minimum atomic E-state index is -0.250. The van der Waals surface area contributed by atoms with Gasteiger partial charge in [0, 0.05) is 23.0 Å². The van der Waals surface area contributed by atoms with Crippen molar-refractivity contribution in [2.24, 2.45) is 17.8 Å². The number of Topliss-reactive ketones (excluding diaryl/α,β-unsaturated/α-hetero) is 2. The van der Waals surface area contributed by atoms with E-state index in [4.69, 9.17) is 9.47 Å². The van der Waals surface area contributed by atoms with Gasteiger partial charge in [-0.3, -0.25) is 14.4 Å². The van der Waals surface area contributed by atoms with E-state index in [9.17, 15) is 14.4 Å². The summed E-state index contributed by atoms with van der Waals surface area (Å²) in [4.78, 5) is 36.2. The van der Waals surface area contributed by atoms with Crippen LogP contribution in [0.4, 0.5) is 0 Å². The Balaban J connectivity index is 1.65. The molecule has 0 amide bonds. The Hall–Kier alpha value is -2.17. The lowest BCUT2D eigenvalue weighted by Crippen LogP contribution is -2.39. The van der Waals surface area contributed by atoms with E-state index in [2.05, 4.69) is 0 Å². The number of fused-ring (bicyclic) bond motifs is 2. The molecule has 0 saturated heterocycles. The van der Waals surface area contributed by atoms with Crippen LogP contribution in [-0.2, 0) is 20.9 Å². The molecule has 2 unspecified atom stereocenters. The number of ether oxygens (including phenoxy) is 2. The number of carbonyl (C=O) groups is 3. The predicted molar refractivity (Wildman–Crippen MR) is 91.4 cm³/mol. The molecule has 0 aromatic heterocycles. The first-order chi connectivity index (χ1) is 12.0. The second-order valence-corrected chi connectivity index (χ2v) is 7.09. The molecule has 5 heteroatoms. The van der Waals surface area contributed by atoms with Gasteiger partial charge in [-0.1, -0.05) is 6.42 Å². The number of carbonyl (C=O) groups excluding carboxylic acids is 3. The van der Waals surface area contributed by atoms with E-state index in [1.807, 2.05) is 0 Å². The Bertz CT molecular complexity index is 677. The van der Waals surface area contributed by atoms with Crippen LogP contribution in [-0.4, -0.2) is 24.6 Å². The van der Waals surface area contributed by atoms with Crippen molar-refractivity contribution < 1.29 is 23.9 Å². The van der Waals surface area contributed by atoms with Crippen molar-refractivity contribution in [2.75, 3.05) is 7.11 Å². The molecule has 5 nitrogen and oxygen atoms in total. The zero-order chi connectivity index (χ0) is 18.0. The zero-order valence-corrected chi connectivity index (χ0v) is 14.7. The molecule has 3 rings (SSSR count). The largest absolute Gasteiger partial charge is 0.496 e. The zero-order valence-electron chi connectivity index (χ0n) is 14.7. The molecule has 25 heavy (non-hydrogen) atoms. The van der Waals surface area contributed by atoms with Crippen molar-refractivity contribution in [3.8, 4) is 5.75 Å². The van der Waals surface area contributed by atoms with Gasteiger partial charge in [0.1, 0.15) is 18.1 Å². The van der Waals surface area contributed by atoms with Crippen LogP contribution >= 0.6 is 0 Å². The monoisotopic (exact) mass is 344 g/mol. The van der Waals surface area contributed by atoms with Crippen molar-refractivity contribution in [1.29, 1.82) is 0 Å². The fourth-order valence-electron chi connectivity index (χ4n) is 4.05. The number of ketones is 2. The van der Waals surface area contributed by atoms with E-state index in [1.54, 1.807) is 25.3 Å². The Morgan fingerprint density at radius 1 is 1.16 bits per heavy atom. The molecular weight excluding hydrogens is 320 g/mol. The van der Waals surface area contributed by atoms with Crippen molar-refractivity contribution in [3.63, 3.8) is 0 Å². The fourth-order valence-corrected chi connectivity index (χ4v) is 4.05. The van der Waals surface area contributed by atoms with Crippen molar-refractivity contribution >= 4 is 17.5 Å². The molecule has 0 N–H and O–H groups in total. The highest BCUT2D eigenvalue weighted by atomic mass is 16.5. The molecule has 134 valence electrons. The molecule has 2 aliphatic rings. The molecule has 2 bridgehead atoms. The summed E-state index contributed by atoms with van der Waals surface area (Å²) in [5.74, 6) is 0.490. The van der Waals surface area contributed by atoms with Crippen LogP contribution in [0.2, 0.25) is 0 Å². The average Bonchev–Trinajstić information content (AvgIpc) is 2.59. The van der Waals surface area contributed by atoms with Crippen LogP contribution in [0, 0.1) is 17.8 Å². The molecule has 0 heterocycles. The van der Waals surface area contributed by atoms with Gasteiger partial charge in [-0.25, -0.2) is 0 Å². The summed E-state index contributed by atoms with van der Waals surface area (Å²) in [6.45, 7) is 1.57. The summed E-state index contributed by atoms with van der Waals surface area (Å²) in [7, 11) is 1.54. The summed E-state index contributed by atoms with van der Waals surface area (Å²) >= 11 is 0. The van der Waals surface area contributed by atoms with Crippen molar-refractivity contribution in [3.05, 3.63) is 29.3 Å².